The first kappa shape index (κ1) is 17.3. The van der Waals surface area contributed by atoms with E-state index in [1.807, 2.05) is 12.1 Å². The number of amides is 1. The number of ether oxygens (including phenoxy) is 1. The minimum absolute atomic E-state index is 0.210. The SMILES string of the molecule is CCOC(=O)c1c(NC(=O)c2cc3cc(Br)ccc3o2)sc2c1CCC2. The van der Waals surface area contributed by atoms with Crippen LogP contribution in [0.25, 0.3) is 11.0 Å². The number of benzene rings is 1. The molecule has 26 heavy (non-hydrogen) atoms. The number of halogens is 1. The molecule has 0 saturated carbocycles. The van der Waals surface area contributed by atoms with Gasteiger partial charge in [0.05, 0.1) is 12.2 Å². The number of fused-ring (bicyclic) bond motifs is 2. The Morgan fingerprint density at radius 1 is 1.31 bits per heavy atom. The van der Waals surface area contributed by atoms with Crippen molar-refractivity contribution in [3.8, 4) is 0 Å². The number of hydrogen-bond donors (Lipinski definition) is 1. The van der Waals surface area contributed by atoms with E-state index >= 15 is 0 Å². The highest BCUT2D eigenvalue weighted by molar-refractivity contribution is 9.10. The summed E-state index contributed by atoms with van der Waals surface area (Å²) in [6, 6.07) is 7.25. The Balaban J connectivity index is 1.65. The molecule has 0 saturated heterocycles. The smallest absolute Gasteiger partial charge is 0.341 e. The van der Waals surface area contributed by atoms with Gasteiger partial charge in [-0.05, 0) is 56.0 Å². The molecule has 134 valence electrons. The first-order valence-corrected chi connectivity index (χ1v) is 10.00. The second-order valence-corrected chi connectivity index (χ2v) is 8.05. The molecule has 0 unspecified atom stereocenters. The molecule has 1 aliphatic rings. The van der Waals surface area contributed by atoms with Crippen molar-refractivity contribution in [2.75, 3.05) is 11.9 Å². The van der Waals surface area contributed by atoms with Gasteiger partial charge in [-0.25, -0.2) is 4.79 Å². The summed E-state index contributed by atoms with van der Waals surface area (Å²) < 4.78 is 11.7. The lowest BCUT2D eigenvalue weighted by Crippen LogP contribution is -2.14. The molecule has 1 N–H and O–H groups in total. The van der Waals surface area contributed by atoms with Gasteiger partial charge in [-0.2, -0.15) is 0 Å². The second kappa shape index (κ2) is 6.89. The molecule has 1 aromatic carbocycles. The van der Waals surface area contributed by atoms with E-state index in [-0.39, 0.29) is 17.6 Å². The lowest BCUT2D eigenvalue weighted by molar-refractivity contribution is 0.0527. The van der Waals surface area contributed by atoms with E-state index in [1.165, 1.54) is 11.3 Å². The zero-order valence-corrected chi connectivity index (χ0v) is 16.5. The van der Waals surface area contributed by atoms with Gasteiger partial charge in [0.1, 0.15) is 10.6 Å². The van der Waals surface area contributed by atoms with Crippen LogP contribution in [0, 0.1) is 0 Å². The topological polar surface area (TPSA) is 68.5 Å². The monoisotopic (exact) mass is 433 g/mol. The molecule has 2 aromatic heterocycles. The molecule has 0 bridgehead atoms. The molecule has 0 aliphatic heterocycles. The Morgan fingerprint density at radius 2 is 2.15 bits per heavy atom. The summed E-state index contributed by atoms with van der Waals surface area (Å²) in [4.78, 5) is 26.2. The standard InChI is InChI=1S/C19H16BrNO4S/c1-2-24-19(23)16-12-4-3-5-15(12)26-18(16)21-17(22)14-9-10-8-11(20)6-7-13(10)25-14/h6-9H,2-5H2,1H3,(H,21,22). The molecule has 1 amide bonds. The van der Waals surface area contributed by atoms with E-state index in [0.29, 0.717) is 22.8 Å². The normalized spacial score (nSPS) is 13.0. The molecule has 0 radical (unpaired) electrons. The molecular formula is C19H16BrNO4S. The first-order valence-electron chi connectivity index (χ1n) is 8.39. The van der Waals surface area contributed by atoms with E-state index in [9.17, 15) is 9.59 Å². The van der Waals surface area contributed by atoms with Gasteiger partial charge in [-0.3, -0.25) is 4.79 Å². The van der Waals surface area contributed by atoms with Gasteiger partial charge < -0.3 is 14.5 Å². The van der Waals surface area contributed by atoms with Crippen LogP contribution in [0.15, 0.2) is 33.2 Å². The summed E-state index contributed by atoms with van der Waals surface area (Å²) >= 11 is 4.86. The van der Waals surface area contributed by atoms with Crippen LogP contribution in [0.4, 0.5) is 5.00 Å². The summed E-state index contributed by atoms with van der Waals surface area (Å²) in [7, 11) is 0. The van der Waals surface area contributed by atoms with Gasteiger partial charge in [0.15, 0.2) is 5.76 Å². The Labute approximate surface area is 162 Å². The van der Waals surface area contributed by atoms with Crippen LogP contribution in [-0.4, -0.2) is 18.5 Å². The highest BCUT2D eigenvalue weighted by Crippen LogP contribution is 2.39. The molecule has 2 heterocycles. The number of hydrogen-bond acceptors (Lipinski definition) is 5. The molecule has 4 rings (SSSR count). The first-order chi connectivity index (χ1) is 12.6. The number of carbonyl (C=O) groups excluding carboxylic acids is 2. The lowest BCUT2D eigenvalue weighted by Gasteiger charge is -2.06. The average Bonchev–Trinajstić information content (AvgIpc) is 3.27. The minimum atomic E-state index is -0.379. The third-order valence-electron chi connectivity index (χ3n) is 4.33. The molecule has 3 aromatic rings. The Kier molecular flexibility index (Phi) is 4.58. The van der Waals surface area contributed by atoms with Crippen molar-refractivity contribution in [3.63, 3.8) is 0 Å². The van der Waals surface area contributed by atoms with Crippen LogP contribution >= 0.6 is 27.3 Å². The van der Waals surface area contributed by atoms with Crippen LogP contribution in [-0.2, 0) is 17.6 Å². The number of thiophene rings is 1. The summed E-state index contributed by atoms with van der Waals surface area (Å²) in [5.74, 6) is -0.542. The molecule has 1 aliphatic carbocycles. The average molecular weight is 434 g/mol. The molecule has 0 atom stereocenters. The van der Waals surface area contributed by atoms with Crippen LogP contribution in [0.1, 0.15) is 44.7 Å². The third-order valence-corrected chi connectivity index (χ3v) is 6.03. The van der Waals surface area contributed by atoms with E-state index in [4.69, 9.17) is 9.15 Å². The van der Waals surface area contributed by atoms with Crippen LogP contribution in [0.3, 0.4) is 0 Å². The van der Waals surface area contributed by atoms with Gasteiger partial charge in [0.25, 0.3) is 5.91 Å². The highest BCUT2D eigenvalue weighted by atomic mass is 79.9. The Bertz CT molecular complexity index is 1020. The van der Waals surface area contributed by atoms with Gasteiger partial charge in [0, 0.05) is 14.7 Å². The maximum Gasteiger partial charge on any atom is 0.341 e. The number of nitrogens with one attached hydrogen (secondary N) is 1. The van der Waals surface area contributed by atoms with Crippen LogP contribution < -0.4 is 5.32 Å². The van der Waals surface area contributed by atoms with Crippen molar-refractivity contribution in [1.82, 2.24) is 0 Å². The number of furan rings is 1. The maximum absolute atomic E-state index is 12.7. The zero-order chi connectivity index (χ0) is 18.3. The summed E-state index contributed by atoms with van der Waals surface area (Å²) in [6.45, 7) is 2.07. The fourth-order valence-electron chi connectivity index (χ4n) is 3.20. The Morgan fingerprint density at radius 3 is 2.96 bits per heavy atom. The van der Waals surface area contributed by atoms with Crippen LogP contribution in [0.5, 0.6) is 0 Å². The molecule has 5 nitrogen and oxygen atoms in total. The van der Waals surface area contributed by atoms with E-state index in [1.54, 1.807) is 19.1 Å². The molecule has 7 heteroatoms. The van der Waals surface area contributed by atoms with Crippen molar-refractivity contribution < 1.29 is 18.7 Å². The predicted molar refractivity (Wildman–Crippen MR) is 104 cm³/mol. The van der Waals surface area contributed by atoms with Crippen molar-refractivity contribution in [2.45, 2.75) is 26.2 Å². The minimum Gasteiger partial charge on any atom is -0.462 e. The van der Waals surface area contributed by atoms with E-state index in [0.717, 1.165) is 39.6 Å². The number of carbonyl (C=O) groups is 2. The van der Waals surface area contributed by atoms with Gasteiger partial charge in [0.2, 0.25) is 0 Å². The predicted octanol–water partition coefficient (Wildman–Crippen LogP) is 5.17. The quantitative estimate of drug-likeness (QED) is 0.575. The van der Waals surface area contributed by atoms with Crippen LogP contribution in [0.2, 0.25) is 0 Å². The summed E-state index contributed by atoms with van der Waals surface area (Å²) in [6.07, 6.45) is 2.80. The Hall–Kier alpha value is -2.12. The summed E-state index contributed by atoms with van der Waals surface area (Å²) in [5.41, 5.74) is 2.14. The molecular weight excluding hydrogens is 418 g/mol. The van der Waals surface area contributed by atoms with Gasteiger partial charge >= 0.3 is 5.97 Å². The van der Waals surface area contributed by atoms with Gasteiger partial charge in [-0.1, -0.05) is 15.9 Å². The number of aryl methyl sites for hydroxylation is 1. The van der Waals surface area contributed by atoms with Crippen molar-refractivity contribution in [1.29, 1.82) is 0 Å². The number of anilines is 1. The fraction of sp³-hybridized carbons (Fsp3) is 0.263. The second-order valence-electron chi connectivity index (χ2n) is 6.03. The zero-order valence-electron chi connectivity index (χ0n) is 14.1. The largest absolute Gasteiger partial charge is 0.462 e. The maximum atomic E-state index is 12.7. The third kappa shape index (κ3) is 3.05. The fourth-order valence-corrected chi connectivity index (χ4v) is 4.85. The van der Waals surface area contributed by atoms with Crippen molar-refractivity contribution in [2.24, 2.45) is 0 Å². The summed E-state index contributed by atoms with van der Waals surface area (Å²) in [5, 5.41) is 4.22. The highest BCUT2D eigenvalue weighted by Gasteiger charge is 2.29. The van der Waals surface area contributed by atoms with E-state index < -0.39 is 0 Å². The van der Waals surface area contributed by atoms with Crippen molar-refractivity contribution >= 4 is 55.1 Å². The molecule has 0 fully saturated rings. The number of esters is 1. The number of rotatable bonds is 4. The van der Waals surface area contributed by atoms with E-state index in [2.05, 4.69) is 21.2 Å². The van der Waals surface area contributed by atoms with Gasteiger partial charge in [-0.15, -0.1) is 11.3 Å². The lowest BCUT2D eigenvalue weighted by atomic mass is 10.1. The van der Waals surface area contributed by atoms with Crippen molar-refractivity contribution in [3.05, 3.63) is 50.5 Å². The molecule has 0 spiro atoms.